The Hall–Kier alpha value is -2.62. The van der Waals surface area contributed by atoms with Crippen LogP contribution in [0.3, 0.4) is 0 Å². The van der Waals surface area contributed by atoms with Crippen LogP contribution in [0.4, 0.5) is 11.4 Å². The SMILES string of the molecule is CN(C)c1ccc(C(=O)CC(=O)c2ccc(N3CCCCC3)cc2)cc1. The van der Waals surface area contributed by atoms with Gasteiger partial charge in [-0.25, -0.2) is 0 Å². The van der Waals surface area contributed by atoms with Gasteiger partial charge in [0, 0.05) is 49.7 Å². The van der Waals surface area contributed by atoms with Gasteiger partial charge < -0.3 is 9.80 Å². The van der Waals surface area contributed by atoms with Crippen molar-refractivity contribution in [3.05, 3.63) is 59.7 Å². The highest BCUT2D eigenvalue weighted by atomic mass is 16.1. The van der Waals surface area contributed by atoms with Gasteiger partial charge in [0.15, 0.2) is 11.6 Å². The lowest BCUT2D eigenvalue weighted by Crippen LogP contribution is -2.29. The highest BCUT2D eigenvalue weighted by Gasteiger charge is 2.15. The lowest BCUT2D eigenvalue weighted by Gasteiger charge is -2.28. The topological polar surface area (TPSA) is 40.6 Å². The lowest BCUT2D eigenvalue weighted by molar-refractivity contribution is 0.0894. The number of hydrogen-bond donors (Lipinski definition) is 0. The second-order valence-electron chi connectivity index (χ2n) is 7.06. The molecule has 4 heteroatoms. The first-order valence-corrected chi connectivity index (χ1v) is 9.23. The van der Waals surface area contributed by atoms with Crippen LogP contribution < -0.4 is 9.80 Å². The van der Waals surface area contributed by atoms with Crippen LogP contribution in [0.2, 0.25) is 0 Å². The monoisotopic (exact) mass is 350 g/mol. The second kappa shape index (κ2) is 8.17. The Labute approximate surface area is 155 Å². The van der Waals surface area contributed by atoms with E-state index >= 15 is 0 Å². The summed E-state index contributed by atoms with van der Waals surface area (Å²) in [7, 11) is 3.90. The highest BCUT2D eigenvalue weighted by molar-refractivity contribution is 6.13. The summed E-state index contributed by atoms with van der Waals surface area (Å²) in [5.74, 6) is -0.266. The third-order valence-corrected chi connectivity index (χ3v) is 4.94. The maximum atomic E-state index is 12.4. The molecule has 4 nitrogen and oxygen atoms in total. The molecule has 0 unspecified atom stereocenters. The van der Waals surface area contributed by atoms with Crippen molar-refractivity contribution in [2.45, 2.75) is 25.7 Å². The molecule has 26 heavy (non-hydrogen) atoms. The summed E-state index contributed by atoms with van der Waals surface area (Å²) in [6.07, 6.45) is 3.65. The third kappa shape index (κ3) is 4.31. The van der Waals surface area contributed by atoms with E-state index in [0.29, 0.717) is 11.1 Å². The normalized spacial score (nSPS) is 14.2. The number of benzene rings is 2. The summed E-state index contributed by atoms with van der Waals surface area (Å²) in [5.41, 5.74) is 3.37. The van der Waals surface area contributed by atoms with Crippen LogP contribution in [0, 0.1) is 0 Å². The van der Waals surface area contributed by atoms with Crippen molar-refractivity contribution in [3.63, 3.8) is 0 Å². The van der Waals surface area contributed by atoms with Crippen LogP contribution >= 0.6 is 0 Å². The first-order valence-electron chi connectivity index (χ1n) is 9.23. The van der Waals surface area contributed by atoms with Crippen molar-refractivity contribution in [2.75, 3.05) is 37.0 Å². The second-order valence-corrected chi connectivity index (χ2v) is 7.06. The van der Waals surface area contributed by atoms with Crippen molar-refractivity contribution in [1.82, 2.24) is 0 Å². The van der Waals surface area contributed by atoms with E-state index in [9.17, 15) is 9.59 Å². The van der Waals surface area contributed by atoms with Gasteiger partial charge in [-0.1, -0.05) is 0 Å². The zero-order valence-corrected chi connectivity index (χ0v) is 15.6. The summed E-state index contributed by atoms with van der Waals surface area (Å²) >= 11 is 0. The van der Waals surface area contributed by atoms with Gasteiger partial charge in [-0.15, -0.1) is 0 Å². The molecule has 1 aliphatic rings. The molecule has 0 radical (unpaired) electrons. The highest BCUT2D eigenvalue weighted by Crippen LogP contribution is 2.21. The number of hydrogen-bond acceptors (Lipinski definition) is 4. The Morgan fingerprint density at radius 3 is 1.81 bits per heavy atom. The van der Waals surface area contributed by atoms with Crippen LogP contribution in [0.15, 0.2) is 48.5 Å². The first kappa shape index (κ1) is 18.2. The maximum absolute atomic E-state index is 12.4. The number of piperidine rings is 1. The van der Waals surface area contributed by atoms with Gasteiger partial charge >= 0.3 is 0 Å². The number of anilines is 2. The van der Waals surface area contributed by atoms with Crippen molar-refractivity contribution in [3.8, 4) is 0 Å². The van der Waals surface area contributed by atoms with Crippen molar-refractivity contribution in [2.24, 2.45) is 0 Å². The van der Waals surface area contributed by atoms with Crippen LogP contribution in [-0.4, -0.2) is 38.8 Å². The standard InChI is InChI=1S/C22H26N2O2/c1-23(2)19-10-6-17(7-11-19)21(25)16-22(26)18-8-12-20(13-9-18)24-14-4-3-5-15-24/h6-13H,3-5,14-16H2,1-2H3. The Bertz CT molecular complexity index is 758. The van der Waals surface area contributed by atoms with Gasteiger partial charge in [-0.3, -0.25) is 9.59 Å². The summed E-state index contributed by atoms with van der Waals surface area (Å²) < 4.78 is 0. The molecule has 1 heterocycles. The Balaban J connectivity index is 1.62. The molecule has 3 rings (SSSR count). The smallest absolute Gasteiger partial charge is 0.170 e. The van der Waals surface area contributed by atoms with Gasteiger partial charge in [0.05, 0.1) is 6.42 Å². The van der Waals surface area contributed by atoms with E-state index in [1.807, 2.05) is 55.4 Å². The molecule has 0 N–H and O–H groups in total. The summed E-state index contributed by atoms with van der Waals surface area (Å²) in [6, 6.07) is 15.0. The minimum Gasteiger partial charge on any atom is -0.378 e. The Kier molecular flexibility index (Phi) is 5.71. The van der Waals surface area contributed by atoms with Gasteiger partial charge in [0.1, 0.15) is 0 Å². The molecule has 1 fully saturated rings. The molecule has 0 atom stereocenters. The van der Waals surface area contributed by atoms with E-state index in [1.165, 1.54) is 19.3 Å². The van der Waals surface area contributed by atoms with Crippen molar-refractivity contribution in [1.29, 1.82) is 0 Å². The first-order chi connectivity index (χ1) is 12.5. The fraction of sp³-hybridized carbons (Fsp3) is 0.364. The van der Waals surface area contributed by atoms with Gasteiger partial charge in [0.25, 0.3) is 0 Å². The molecule has 1 aliphatic heterocycles. The van der Waals surface area contributed by atoms with E-state index in [-0.39, 0.29) is 18.0 Å². The Morgan fingerprint density at radius 2 is 1.31 bits per heavy atom. The number of rotatable bonds is 6. The van der Waals surface area contributed by atoms with E-state index in [4.69, 9.17) is 0 Å². The lowest BCUT2D eigenvalue weighted by atomic mass is 10.0. The fourth-order valence-corrected chi connectivity index (χ4v) is 3.31. The average Bonchev–Trinajstić information content (AvgIpc) is 2.68. The predicted octanol–water partition coefficient (Wildman–Crippen LogP) is 4.20. The molecule has 2 aromatic carbocycles. The van der Waals surface area contributed by atoms with Gasteiger partial charge in [-0.2, -0.15) is 0 Å². The van der Waals surface area contributed by atoms with Crippen LogP contribution in [-0.2, 0) is 0 Å². The number of nitrogens with zero attached hydrogens (tertiary/aromatic N) is 2. The molecule has 0 spiro atoms. The predicted molar refractivity (Wildman–Crippen MR) is 107 cm³/mol. The average molecular weight is 350 g/mol. The summed E-state index contributed by atoms with van der Waals surface area (Å²) in [5, 5.41) is 0. The quantitative estimate of drug-likeness (QED) is 0.578. The van der Waals surface area contributed by atoms with Gasteiger partial charge in [-0.05, 0) is 67.8 Å². The molecule has 0 bridgehead atoms. The largest absolute Gasteiger partial charge is 0.378 e. The minimum absolute atomic E-state index is 0.0929. The number of carbonyl (C=O) groups excluding carboxylic acids is 2. The zero-order valence-electron chi connectivity index (χ0n) is 15.6. The maximum Gasteiger partial charge on any atom is 0.170 e. The molecule has 136 valence electrons. The molecule has 0 aromatic heterocycles. The third-order valence-electron chi connectivity index (χ3n) is 4.94. The van der Waals surface area contributed by atoms with E-state index in [0.717, 1.165) is 24.5 Å². The molecule has 0 saturated carbocycles. The molecule has 0 aliphatic carbocycles. The van der Waals surface area contributed by atoms with Crippen molar-refractivity contribution >= 4 is 22.9 Å². The van der Waals surface area contributed by atoms with Crippen LogP contribution in [0.1, 0.15) is 46.4 Å². The Morgan fingerprint density at radius 1 is 0.808 bits per heavy atom. The van der Waals surface area contributed by atoms with Crippen LogP contribution in [0.5, 0.6) is 0 Å². The number of carbonyl (C=O) groups is 2. The summed E-state index contributed by atoms with van der Waals surface area (Å²) in [6.45, 7) is 2.16. The number of ketones is 2. The van der Waals surface area contributed by atoms with Gasteiger partial charge in [0.2, 0.25) is 0 Å². The van der Waals surface area contributed by atoms with E-state index < -0.39 is 0 Å². The molecular formula is C22H26N2O2. The summed E-state index contributed by atoms with van der Waals surface area (Å²) in [4.78, 5) is 29.2. The molecular weight excluding hydrogens is 324 g/mol. The van der Waals surface area contributed by atoms with E-state index in [1.54, 1.807) is 12.1 Å². The van der Waals surface area contributed by atoms with Crippen LogP contribution in [0.25, 0.3) is 0 Å². The molecule has 2 aromatic rings. The fourth-order valence-electron chi connectivity index (χ4n) is 3.31. The minimum atomic E-state index is -0.139. The van der Waals surface area contributed by atoms with E-state index in [2.05, 4.69) is 4.90 Å². The zero-order chi connectivity index (χ0) is 18.5. The molecule has 1 saturated heterocycles. The molecule has 0 amide bonds. The van der Waals surface area contributed by atoms with Crippen molar-refractivity contribution < 1.29 is 9.59 Å². The number of Topliss-reactive ketones (excluding diaryl/α,β-unsaturated/α-hetero) is 2.